The minimum Gasteiger partial charge on any atom is -0.464 e. The molecule has 4 nitrogen and oxygen atoms in total. The summed E-state index contributed by atoms with van der Waals surface area (Å²) in [4.78, 5) is 12.5. The molecule has 2 rings (SSSR count). The molecule has 0 aliphatic heterocycles. The lowest BCUT2D eigenvalue weighted by atomic mass is 10.3. The molecule has 0 saturated heterocycles. The monoisotopic (exact) mass is 309 g/mol. The Morgan fingerprint density at radius 1 is 1.33 bits per heavy atom. The van der Waals surface area contributed by atoms with Gasteiger partial charge in [0.1, 0.15) is 23.4 Å². The third kappa shape index (κ3) is 4.91. The number of nitrogens with one attached hydrogen (secondary N) is 1. The van der Waals surface area contributed by atoms with Gasteiger partial charge < -0.3 is 14.8 Å². The van der Waals surface area contributed by atoms with Gasteiger partial charge in [-0.3, -0.25) is 4.79 Å². The van der Waals surface area contributed by atoms with E-state index in [9.17, 15) is 14.3 Å². The minimum atomic E-state index is -0.863. The number of amides is 1. The zero-order valence-electron chi connectivity index (χ0n) is 11.5. The van der Waals surface area contributed by atoms with Crippen LogP contribution in [-0.4, -0.2) is 23.3 Å². The first-order valence-corrected chi connectivity index (χ1v) is 7.42. The number of benzene rings is 1. The number of furan rings is 1. The fraction of sp³-hybridized carbons (Fsp3) is 0.267. The number of aliphatic hydroxyl groups excluding tert-OH is 1. The van der Waals surface area contributed by atoms with Gasteiger partial charge in [-0.25, -0.2) is 4.39 Å². The second-order valence-electron chi connectivity index (χ2n) is 4.51. The quantitative estimate of drug-likeness (QED) is 0.805. The summed E-state index contributed by atoms with van der Waals surface area (Å²) in [5.41, 5.74) is 0. The zero-order chi connectivity index (χ0) is 15.2. The number of hydrogen-bond acceptors (Lipinski definition) is 4. The van der Waals surface area contributed by atoms with E-state index in [0.717, 1.165) is 4.90 Å². The van der Waals surface area contributed by atoms with Crippen molar-refractivity contribution in [1.29, 1.82) is 0 Å². The summed E-state index contributed by atoms with van der Waals surface area (Å²) in [5.74, 6) is 0.837. The number of aliphatic hydroxyl groups is 1. The molecule has 2 aromatic rings. The fourth-order valence-electron chi connectivity index (χ4n) is 1.67. The van der Waals surface area contributed by atoms with Crippen LogP contribution >= 0.6 is 11.8 Å². The van der Waals surface area contributed by atoms with Crippen LogP contribution < -0.4 is 5.32 Å². The molecule has 0 fully saturated rings. The topological polar surface area (TPSA) is 62.5 Å². The Kier molecular flexibility index (Phi) is 5.41. The number of thioether (sulfide) groups is 1. The van der Waals surface area contributed by atoms with Crippen molar-refractivity contribution >= 4 is 17.7 Å². The highest BCUT2D eigenvalue weighted by Gasteiger charge is 2.13. The third-order valence-electron chi connectivity index (χ3n) is 2.77. The van der Waals surface area contributed by atoms with Crippen LogP contribution in [0.5, 0.6) is 0 Å². The predicted molar refractivity (Wildman–Crippen MR) is 78.5 cm³/mol. The third-order valence-corrected chi connectivity index (χ3v) is 3.78. The lowest BCUT2D eigenvalue weighted by Gasteiger charge is -2.09. The van der Waals surface area contributed by atoms with Crippen molar-refractivity contribution in [2.45, 2.75) is 17.9 Å². The lowest BCUT2D eigenvalue weighted by Crippen LogP contribution is -2.29. The molecule has 1 aromatic carbocycles. The standard InChI is InChI=1S/C15H16FNO3S/c1-10-2-7-14(20-10)13(18)8-17-15(19)9-21-12-5-3-11(16)4-6-12/h2-7,13,18H,8-9H2,1H3,(H,17,19). The highest BCUT2D eigenvalue weighted by Crippen LogP contribution is 2.18. The van der Waals surface area contributed by atoms with E-state index in [0.29, 0.717) is 11.5 Å². The Morgan fingerprint density at radius 3 is 2.67 bits per heavy atom. The van der Waals surface area contributed by atoms with Crippen molar-refractivity contribution in [3.63, 3.8) is 0 Å². The molecule has 0 aliphatic carbocycles. The molecule has 0 aliphatic rings. The molecule has 2 N–H and O–H groups in total. The maximum atomic E-state index is 12.7. The van der Waals surface area contributed by atoms with Gasteiger partial charge in [-0.05, 0) is 43.3 Å². The molecule has 6 heteroatoms. The van der Waals surface area contributed by atoms with Crippen LogP contribution in [0, 0.1) is 12.7 Å². The second kappa shape index (κ2) is 7.28. The van der Waals surface area contributed by atoms with Crippen molar-refractivity contribution < 1.29 is 18.7 Å². The van der Waals surface area contributed by atoms with Gasteiger partial charge >= 0.3 is 0 Å². The molecular formula is C15H16FNO3S. The first-order chi connectivity index (χ1) is 10.0. The number of aryl methyl sites for hydroxylation is 1. The van der Waals surface area contributed by atoms with Crippen LogP contribution in [0.3, 0.4) is 0 Å². The van der Waals surface area contributed by atoms with Crippen molar-refractivity contribution in [2.75, 3.05) is 12.3 Å². The van der Waals surface area contributed by atoms with Gasteiger partial charge in [0, 0.05) is 4.90 Å². The van der Waals surface area contributed by atoms with E-state index in [1.165, 1.54) is 23.9 Å². The van der Waals surface area contributed by atoms with Crippen molar-refractivity contribution in [2.24, 2.45) is 0 Å². The molecule has 1 amide bonds. The number of halogens is 1. The number of hydrogen-bond donors (Lipinski definition) is 2. The average Bonchev–Trinajstić information content (AvgIpc) is 2.91. The molecule has 21 heavy (non-hydrogen) atoms. The second-order valence-corrected chi connectivity index (χ2v) is 5.56. The van der Waals surface area contributed by atoms with E-state index in [2.05, 4.69) is 5.32 Å². The molecule has 1 unspecified atom stereocenters. The van der Waals surface area contributed by atoms with Crippen LogP contribution in [0.25, 0.3) is 0 Å². The van der Waals surface area contributed by atoms with E-state index in [-0.39, 0.29) is 24.0 Å². The lowest BCUT2D eigenvalue weighted by molar-refractivity contribution is -0.119. The number of carbonyl (C=O) groups is 1. The summed E-state index contributed by atoms with van der Waals surface area (Å²) in [6.45, 7) is 1.88. The Balaban J connectivity index is 1.73. The smallest absolute Gasteiger partial charge is 0.230 e. The summed E-state index contributed by atoms with van der Waals surface area (Å²) in [7, 11) is 0. The van der Waals surface area contributed by atoms with Crippen molar-refractivity contribution in [3.8, 4) is 0 Å². The maximum Gasteiger partial charge on any atom is 0.230 e. The van der Waals surface area contributed by atoms with E-state index < -0.39 is 6.10 Å². The van der Waals surface area contributed by atoms with Crippen molar-refractivity contribution in [1.82, 2.24) is 5.32 Å². The van der Waals surface area contributed by atoms with Crippen LogP contribution in [0.15, 0.2) is 45.7 Å². The number of rotatable bonds is 6. The molecule has 1 heterocycles. The summed E-state index contributed by atoms with van der Waals surface area (Å²) in [6.07, 6.45) is -0.863. The van der Waals surface area contributed by atoms with Crippen LogP contribution in [-0.2, 0) is 4.79 Å². The van der Waals surface area contributed by atoms with Gasteiger partial charge in [0.15, 0.2) is 0 Å². The van der Waals surface area contributed by atoms with Crippen molar-refractivity contribution in [3.05, 3.63) is 53.7 Å². The van der Waals surface area contributed by atoms with Gasteiger partial charge in [-0.2, -0.15) is 0 Å². The van der Waals surface area contributed by atoms with E-state index in [1.54, 1.807) is 31.2 Å². The van der Waals surface area contributed by atoms with E-state index in [4.69, 9.17) is 4.42 Å². The largest absolute Gasteiger partial charge is 0.464 e. The van der Waals surface area contributed by atoms with Gasteiger partial charge in [0.25, 0.3) is 0 Å². The molecule has 0 radical (unpaired) electrons. The minimum absolute atomic E-state index is 0.0930. The van der Waals surface area contributed by atoms with Crippen LogP contribution in [0.1, 0.15) is 17.6 Å². The van der Waals surface area contributed by atoms with E-state index in [1.807, 2.05) is 0 Å². The molecule has 1 atom stereocenters. The highest BCUT2D eigenvalue weighted by atomic mass is 32.2. The zero-order valence-corrected chi connectivity index (χ0v) is 12.3. The van der Waals surface area contributed by atoms with Gasteiger partial charge in [-0.15, -0.1) is 11.8 Å². The van der Waals surface area contributed by atoms with Crippen LogP contribution in [0.4, 0.5) is 4.39 Å². The fourth-order valence-corrected chi connectivity index (χ4v) is 2.40. The summed E-state index contributed by atoms with van der Waals surface area (Å²) in [6, 6.07) is 9.37. The first-order valence-electron chi connectivity index (χ1n) is 6.44. The summed E-state index contributed by atoms with van der Waals surface area (Å²) >= 11 is 1.31. The molecule has 1 aromatic heterocycles. The SMILES string of the molecule is Cc1ccc(C(O)CNC(=O)CSc2ccc(F)cc2)o1. The summed E-state index contributed by atoms with van der Waals surface area (Å²) < 4.78 is 18.0. The van der Waals surface area contributed by atoms with Gasteiger partial charge in [0.05, 0.1) is 12.3 Å². The normalized spacial score (nSPS) is 12.1. The van der Waals surface area contributed by atoms with Crippen LogP contribution in [0.2, 0.25) is 0 Å². The summed E-state index contributed by atoms with van der Waals surface area (Å²) in [5, 5.41) is 12.5. The molecule has 0 bridgehead atoms. The average molecular weight is 309 g/mol. The molecule has 0 saturated carbocycles. The van der Waals surface area contributed by atoms with Gasteiger partial charge in [0.2, 0.25) is 5.91 Å². The number of carbonyl (C=O) groups excluding carboxylic acids is 1. The highest BCUT2D eigenvalue weighted by molar-refractivity contribution is 8.00. The Hall–Kier alpha value is -1.79. The Bertz CT molecular complexity index is 597. The Labute approximate surface area is 126 Å². The molecule has 0 spiro atoms. The Morgan fingerprint density at radius 2 is 2.05 bits per heavy atom. The first kappa shape index (κ1) is 15.6. The van der Waals surface area contributed by atoms with Gasteiger partial charge in [-0.1, -0.05) is 0 Å². The molecule has 112 valence electrons. The van der Waals surface area contributed by atoms with E-state index >= 15 is 0 Å². The predicted octanol–water partition coefficient (Wildman–Crippen LogP) is 2.67. The maximum absolute atomic E-state index is 12.7. The molecular weight excluding hydrogens is 293 g/mol.